The highest BCUT2D eigenvalue weighted by Crippen LogP contribution is 2.35. The molecule has 1 atom stereocenters. The first-order valence-electron chi connectivity index (χ1n) is 6.87. The normalized spacial score (nSPS) is 19.7. The molecule has 1 aromatic heterocycles. The summed E-state index contributed by atoms with van der Waals surface area (Å²) in [6, 6.07) is 9.38. The van der Waals surface area contributed by atoms with Gasteiger partial charge in [-0.05, 0) is 38.7 Å². The van der Waals surface area contributed by atoms with Crippen LogP contribution in [0.2, 0.25) is 0 Å². The van der Waals surface area contributed by atoms with Crippen LogP contribution in [0.5, 0.6) is 0 Å². The van der Waals surface area contributed by atoms with Crippen molar-refractivity contribution < 1.29 is 0 Å². The minimum absolute atomic E-state index is 0.460. The third-order valence-electron chi connectivity index (χ3n) is 3.73. The first kappa shape index (κ1) is 12.6. The van der Waals surface area contributed by atoms with E-state index in [4.69, 9.17) is 0 Å². The van der Waals surface area contributed by atoms with Crippen LogP contribution >= 0.6 is 11.5 Å². The average molecular weight is 273 g/mol. The van der Waals surface area contributed by atoms with Crippen molar-refractivity contribution in [2.45, 2.75) is 39.2 Å². The molecule has 1 fully saturated rings. The lowest BCUT2D eigenvalue weighted by molar-refractivity contribution is 0.472. The Balaban J connectivity index is 1.90. The van der Waals surface area contributed by atoms with Gasteiger partial charge in [0, 0.05) is 18.1 Å². The number of benzene rings is 1. The SMILES string of the molecule is Cc1ccc(C2CCCCN2c2nc(C)ns2)cc1. The summed E-state index contributed by atoms with van der Waals surface area (Å²) < 4.78 is 4.32. The summed E-state index contributed by atoms with van der Waals surface area (Å²) in [5.74, 6) is 0.883. The van der Waals surface area contributed by atoms with Crippen LogP contribution in [0, 0.1) is 13.8 Å². The average Bonchev–Trinajstić information content (AvgIpc) is 2.86. The number of hydrogen-bond donors (Lipinski definition) is 0. The van der Waals surface area contributed by atoms with E-state index in [1.165, 1.54) is 41.9 Å². The Kier molecular flexibility index (Phi) is 3.51. The molecule has 100 valence electrons. The lowest BCUT2D eigenvalue weighted by Gasteiger charge is -2.35. The van der Waals surface area contributed by atoms with Crippen LogP contribution in [-0.4, -0.2) is 15.9 Å². The minimum Gasteiger partial charge on any atom is -0.340 e. The molecule has 4 heteroatoms. The summed E-state index contributed by atoms with van der Waals surface area (Å²) in [5, 5.41) is 1.07. The lowest BCUT2D eigenvalue weighted by atomic mass is 9.95. The van der Waals surface area contributed by atoms with Crippen molar-refractivity contribution in [1.82, 2.24) is 9.36 Å². The Morgan fingerprint density at radius 2 is 1.95 bits per heavy atom. The molecule has 2 heterocycles. The van der Waals surface area contributed by atoms with E-state index in [2.05, 4.69) is 45.4 Å². The molecule has 0 bridgehead atoms. The van der Waals surface area contributed by atoms with E-state index in [1.807, 2.05) is 6.92 Å². The quantitative estimate of drug-likeness (QED) is 0.831. The molecule has 1 aliphatic heterocycles. The third-order valence-corrected chi connectivity index (χ3v) is 4.57. The molecule has 0 radical (unpaired) electrons. The molecular weight excluding hydrogens is 254 g/mol. The van der Waals surface area contributed by atoms with Crippen molar-refractivity contribution in [3.05, 3.63) is 41.2 Å². The van der Waals surface area contributed by atoms with Gasteiger partial charge in [0.1, 0.15) is 5.82 Å². The second-order valence-electron chi connectivity index (χ2n) is 5.24. The fourth-order valence-electron chi connectivity index (χ4n) is 2.70. The van der Waals surface area contributed by atoms with Gasteiger partial charge in [0.15, 0.2) is 0 Å². The molecule has 0 amide bonds. The van der Waals surface area contributed by atoms with Crippen LogP contribution in [0.15, 0.2) is 24.3 Å². The maximum atomic E-state index is 4.56. The van der Waals surface area contributed by atoms with Crippen molar-refractivity contribution in [1.29, 1.82) is 0 Å². The molecule has 2 aromatic rings. The van der Waals surface area contributed by atoms with E-state index < -0.39 is 0 Å². The van der Waals surface area contributed by atoms with Gasteiger partial charge in [-0.2, -0.15) is 4.37 Å². The van der Waals surface area contributed by atoms with Gasteiger partial charge in [-0.3, -0.25) is 0 Å². The zero-order valence-corrected chi connectivity index (χ0v) is 12.3. The number of anilines is 1. The summed E-state index contributed by atoms with van der Waals surface area (Å²) in [4.78, 5) is 6.99. The van der Waals surface area contributed by atoms with Crippen LogP contribution in [0.1, 0.15) is 42.3 Å². The Morgan fingerprint density at radius 1 is 1.16 bits per heavy atom. The number of hydrogen-bond acceptors (Lipinski definition) is 4. The highest BCUT2D eigenvalue weighted by Gasteiger charge is 2.26. The lowest BCUT2D eigenvalue weighted by Crippen LogP contribution is -2.33. The number of nitrogens with zero attached hydrogens (tertiary/aromatic N) is 3. The monoisotopic (exact) mass is 273 g/mol. The van der Waals surface area contributed by atoms with Crippen molar-refractivity contribution in [2.75, 3.05) is 11.4 Å². The van der Waals surface area contributed by atoms with Crippen molar-refractivity contribution in [3.8, 4) is 0 Å². The van der Waals surface area contributed by atoms with Gasteiger partial charge in [-0.25, -0.2) is 4.98 Å². The predicted octanol–water partition coefficient (Wildman–Crippen LogP) is 3.89. The Morgan fingerprint density at radius 3 is 2.63 bits per heavy atom. The zero-order valence-electron chi connectivity index (χ0n) is 11.5. The van der Waals surface area contributed by atoms with E-state index in [1.54, 1.807) is 0 Å². The van der Waals surface area contributed by atoms with Gasteiger partial charge in [0.05, 0.1) is 6.04 Å². The topological polar surface area (TPSA) is 29.0 Å². The molecule has 3 nitrogen and oxygen atoms in total. The molecule has 0 N–H and O–H groups in total. The van der Waals surface area contributed by atoms with Crippen LogP contribution in [-0.2, 0) is 0 Å². The molecule has 1 aliphatic rings. The standard InChI is InChI=1S/C15H19N3S/c1-11-6-8-13(9-7-11)14-5-3-4-10-18(14)15-16-12(2)17-19-15/h6-9,14H,3-5,10H2,1-2H3. The second-order valence-corrected chi connectivity index (χ2v) is 5.97. The van der Waals surface area contributed by atoms with Crippen molar-refractivity contribution in [3.63, 3.8) is 0 Å². The molecule has 19 heavy (non-hydrogen) atoms. The summed E-state index contributed by atoms with van der Waals surface area (Å²) in [5.41, 5.74) is 2.72. The van der Waals surface area contributed by atoms with Crippen LogP contribution in [0.25, 0.3) is 0 Å². The fourth-order valence-corrected chi connectivity index (χ4v) is 3.45. The maximum absolute atomic E-state index is 4.56. The first-order chi connectivity index (χ1) is 9.24. The van der Waals surface area contributed by atoms with Gasteiger partial charge < -0.3 is 4.90 Å². The first-order valence-corrected chi connectivity index (χ1v) is 7.65. The number of piperidine rings is 1. The number of rotatable bonds is 2. The molecule has 0 saturated carbocycles. The summed E-state index contributed by atoms with van der Waals surface area (Å²) in [6.45, 7) is 5.19. The smallest absolute Gasteiger partial charge is 0.205 e. The van der Waals surface area contributed by atoms with Crippen molar-refractivity contribution in [2.24, 2.45) is 0 Å². The minimum atomic E-state index is 0.460. The van der Waals surface area contributed by atoms with Gasteiger partial charge in [0.2, 0.25) is 5.13 Å². The molecule has 1 unspecified atom stereocenters. The Labute approximate surface area is 118 Å². The number of aromatic nitrogens is 2. The second kappa shape index (κ2) is 5.29. The summed E-state index contributed by atoms with van der Waals surface area (Å²) in [7, 11) is 0. The van der Waals surface area contributed by atoms with Gasteiger partial charge in [-0.1, -0.05) is 29.8 Å². The zero-order chi connectivity index (χ0) is 13.2. The highest BCUT2D eigenvalue weighted by atomic mass is 32.1. The van der Waals surface area contributed by atoms with E-state index in [0.717, 1.165) is 17.5 Å². The van der Waals surface area contributed by atoms with E-state index in [9.17, 15) is 0 Å². The number of aryl methyl sites for hydroxylation is 2. The largest absolute Gasteiger partial charge is 0.340 e. The van der Waals surface area contributed by atoms with Gasteiger partial charge in [0.25, 0.3) is 0 Å². The Bertz CT molecular complexity index is 547. The predicted molar refractivity (Wildman–Crippen MR) is 79.8 cm³/mol. The van der Waals surface area contributed by atoms with E-state index in [-0.39, 0.29) is 0 Å². The van der Waals surface area contributed by atoms with Gasteiger partial charge >= 0.3 is 0 Å². The van der Waals surface area contributed by atoms with Crippen LogP contribution < -0.4 is 4.90 Å². The van der Waals surface area contributed by atoms with Crippen molar-refractivity contribution >= 4 is 16.7 Å². The molecule has 0 spiro atoms. The highest BCUT2D eigenvalue weighted by molar-refractivity contribution is 7.09. The maximum Gasteiger partial charge on any atom is 0.205 e. The third kappa shape index (κ3) is 2.63. The fraction of sp³-hybridized carbons (Fsp3) is 0.467. The molecular formula is C15H19N3S. The van der Waals surface area contributed by atoms with E-state index >= 15 is 0 Å². The molecule has 1 saturated heterocycles. The van der Waals surface area contributed by atoms with Crippen LogP contribution in [0.4, 0.5) is 5.13 Å². The van der Waals surface area contributed by atoms with Gasteiger partial charge in [-0.15, -0.1) is 0 Å². The van der Waals surface area contributed by atoms with E-state index in [0.29, 0.717) is 6.04 Å². The Hall–Kier alpha value is -1.42. The molecule has 1 aromatic carbocycles. The molecule has 0 aliphatic carbocycles. The van der Waals surface area contributed by atoms with Crippen LogP contribution in [0.3, 0.4) is 0 Å². The molecule has 3 rings (SSSR count). The summed E-state index contributed by atoms with van der Waals surface area (Å²) >= 11 is 1.52. The summed E-state index contributed by atoms with van der Waals surface area (Å²) in [6.07, 6.45) is 3.76.